The van der Waals surface area contributed by atoms with Crippen molar-refractivity contribution in [2.24, 2.45) is 0 Å². The summed E-state index contributed by atoms with van der Waals surface area (Å²) in [7, 11) is 0. The monoisotopic (exact) mass is 394 g/mol. The van der Waals surface area contributed by atoms with Crippen LogP contribution in [-0.4, -0.2) is 29.2 Å². The molecule has 2 aromatic rings. The molecule has 7 heteroatoms. The Balaban J connectivity index is 2.00. The summed E-state index contributed by atoms with van der Waals surface area (Å²) in [4.78, 5) is 28.4. The van der Waals surface area contributed by atoms with E-state index in [4.69, 9.17) is 4.74 Å². The molecule has 0 aliphatic rings. The Labute approximate surface area is 147 Å². The van der Waals surface area contributed by atoms with Crippen LogP contribution in [0.1, 0.15) is 17.3 Å². The third-order valence-corrected chi connectivity index (χ3v) is 4.19. The minimum Gasteiger partial charge on any atom is -0.449 e. The maximum absolute atomic E-state index is 12.2. The predicted molar refractivity (Wildman–Crippen MR) is 93.7 cm³/mol. The zero-order valence-corrected chi connectivity index (χ0v) is 15.0. The van der Waals surface area contributed by atoms with Crippen LogP contribution in [0.25, 0.3) is 0 Å². The Hall–Kier alpha value is -1.86. The Kier molecular flexibility index (Phi) is 6.18. The fraction of sp³-hybridized carbons (Fsp3) is 0.188. The molecule has 120 valence electrons. The van der Waals surface area contributed by atoms with E-state index in [9.17, 15) is 9.59 Å². The van der Waals surface area contributed by atoms with E-state index < -0.39 is 18.0 Å². The van der Waals surface area contributed by atoms with E-state index in [0.29, 0.717) is 16.3 Å². The molecule has 1 N–H and O–H groups in total. The summed E-state index contributed by atoms with van der Waals surface area (Å²) < 4.78 is 6.14. The number of rotatable bonds is 5. The van der Waals surface area contributed by atoms with Crippen LogP contribution in [0, 0.1) is 0 Å². The van der Waals surface area contributed by atoms with Crippen LogP contribution in [0.3, 0.4) is 0 Å². The van der Waals surface area contributed by atoms with Gasteiger partial charge in [-0.1, -0.05) is 15.9 Å². The maximum atomic E-state index is 12.2. The largest absolute Gasteiger partial charge is 0.449 e. The van der Waals surface area contributed by atoms with Gasteiger partial charge in [0.15, 0.2) is 6.10 Å². The van der Waals surface area contributed by atoms with E-state index in [1.807, 2.05) is 18.4 Å². The van der Waals surface area contributed by atoms with Gasteiger partial charge in [-0.3, -0.25) is 4.79 Å². The highest BCUT2D eigenvalue weighted by Crippen LogP contribution is 2.19. The Morgan fingerprint density at radius 2 is 1.96 bits per heavy atom. The lowest BCUT2D eigenvalue weighted by Gasteiger charge is -2.14. The summed E-state index contributed by atoms with van der Waals surface area (Å²) in [6, 6.07) is 10.4. The highest BCUT2D eigenvalue weighted by molar-refractivity contribution is 9.10. The number of nitrogens with zero attached hydrogens (tertiary/aromatic N) is 1. The first-order chi connectivity index (χ1) is 11.0. The zero-order chi connectivity index (χ0) is 16.8. The standard InChI is InChI=1S/C16H15BrN2O3S/c1-10(14(20)19-12-7-5-11(17)6-8-12)22-16(21)13-4-3-9-18-15(13)23-2/h3-10H,1-2H3,(H,19,20). The van der Waals surface area contributed by atoms with Gasteiger partial charge in [0.05, 0.1) is 5.56 Å². The molecule has 0 aliphatic heterocycles. The molecule has 1 heterocycles. The van der Waals surface area contributed by atoms with Crippen LogP contribution in [0.2, 0.25) is 0 Å². The Morgan fingerprint density at radius 3 is 2.61 bits per heavy atom. The van der Waals surface area contributed by atoms with Crippen LogP contribution in [0.15, 0.2) is 52.1 Å². The number of hydrogen-bond donors (Lipinski definition) is 1. The number of halogens is 1. The number of esters is 1. The third-order valence-electron chi connectivity index (χ3n) is 2.95. The van der Waals surface area contributed by atoms with Crippen molar-refractivity contribution in [3.8, 4) is 0 Å². The second kappa shape index (κ2) is 8.12. The zero-order valence-electron chi connectivity index (χ0n) is 12.6. The van der Waals surface area contributed by atoms with Crippen molar-refractivity contribution in [3.05, 3.63) is 52.6 Å². The number of benzene rings is 1. The summed E-state index contributed by atoms with van der Waals surface area (Å²) in [6.45, 7) is 1.53. The molecule has 0 saturated carbocycles. The van der Waals surface area contributed by atoms with Crippen molar-refractivity contribution < 1.29 is 14.3 Å². The average molecular weight is 395 g/mol. The molecule has 1 amide bonds. The number of pyridine rings is 1. The number of carbonyl (C=O) groups excluding carboxylic acids is 2. The molecule has 0 saturated heterocycles. The predicted octanol–water partition coefficient (Wildman–Crippen LogP) is 3.75. The van der Waals surface area contributed by atoms with E-state index in [2.05, 4.69) is 26.2 Å². The van der Waals surface area contributed by atoms with E-state index in [-0.39, 0.29) is 0 Å². The number of thioether (sulfide) groups is 1. The number of amides is 1. The normalized spacial score (nSPS) is 11.6. The Morgan fingerprint density at radius 1 is 1.26 bits per heavy atom. The number of anilines is 1. The van der Waals surface area contributed by atoms with E-state index in [0.717, 1.165) is 4.47 Å². The summed E-state index contributed by atoms with van der Waals surface area (Å²) in [5, 5.41) is 3.26. The van der Waals surface area contributed by atoms with Crippen LogP contribution in [-0.2, 0) is 9.53 Å². The van der Waals surface area contributed by atoms with Crippen molar-refractivity contribution in [1.29, 1.82) is 0 Å². The number of aromatic nitrogens is 1. The van der Waals surface area contributed by atoms with Crippen molar-refractivity contribution in [2.75, 3.05) is 11.6 Å². The van der Waals surface area contributed by atoms with Gasteiger partial charge in [-0.2, -0.15) is 0 Å². The topological polar surface area (TPSA) is 68.3 Å². The second-order valence-electron chi connectivity index (χ2n) is 4.60. The van der Waals surface area contributed by atoms with Crippen molar-refractivity contribution in [3.63, 3.8) is 0 Å². The molecular formula is C16H15BrN2O3S. The third kappa shape index (κ3) is 4.80. The molecule has 0 bridgehead atoms. The minimum absolute atomic E-state index is 0.350. The van der Waals surface area contributed by atoms with Gasteiger partial charge in [0, 0.05) is 16.4 Å². The van der Waals surface area contributed by atoms with E-state index in [1.54, 1.807) is 30.5 Å². The van der Waals surface area contributed by atoms with Gasteiger partial charge in [0.2, 0.25) is 0 Å². The second-order valence-corrected chi connectivity index (χ2v) is 6.31. The molecular weight excluding hydrogens is 380 g/mol. The smallest absolute Gasteiger partial charge is 0.341 e. The minimum atomic E-state index is -0.916. The van der Waals surface area contributed by atoms with Gasteiger partial charge in [0.25, 0.3) is 5.91 Å². The van der Waals surface area contributed by atoms with Crippen LogP contribution in [0.5, 0.6) is 0 Å². The molecule has 1 aromatic heterocycles. The fourth-order valence-electron chi connectivity index (χ4n) is 1.76. The van der Waals surface area contributed by atoms with Gasteiger partial charge in [-0.05, 0) is 49.6 Å². The Bertz CT molecular complexity index is 707. The lowest BCUT2D eigenvalue weighted by atomic mass is 10.2. The van der Waals surface area contributed by atoms with Gasteiger partial charge >= 0.3 is 5.97 Å². The average Bonchev–Trinajstić information content (AvgIpc) is 2.56. The molecule has 23 heavy (non-hydrogen) atoms. The van der Waals surface area contributed by atoms with Crippen molar-refractivity contribution >= 4 is 45.3 Å². The lowest BCUT2D eigenvalue weighted by Crippen LogP contribution is -2.30. The summed E-state index contributed by atoms with van der Waals surface area (Å²) in [5.41, 5.74) is 0.982. The van der Waals surface area contributed by atoms with Crippen LogP contribution >= 0.6 is 27.7 Å². The van der Waals surface area contributed by atoms with Crippen molar-refractivity contribution in [2.45, 2.75) is 18.1 Å². The first-order valence-corrected chi connectivity index (χ1v) is 8.79. The molecule has 0 aliphatic carbocycles. The SMILES string of the molecule is CSc1ncccc1C(=O)OC(C)C(=O)Nc1ccc(Br)cc1. The summed E-state index contributed by atoms with van der Waals surface area (Å²) in [6.07, 6.45) is 2.51. The number of ether oxygens (including phenoxy) is 1. The molecule has 0 fully saturated rings. The van der Waals surface area contributed by atoms with Crippen LogP contribution in [0.4, 0.5) is 5.69 Å². The summed E-state index contributed by atoms with van der Waals surface area (Å²) >= 11 is 4.67. The fourth-order valence-corrected chi connectivity index (χ4v) is 2.57. The van der Waals surface area contributed by atoms with Gasteiger partial charge in [0.1, 0.15) is 5.03 Å². The quantitative estimate of drug-likeness (QED) is 0.617. The molecule has 5 nitrogen and oxygen atoms in total. The van der Waals surface area contributed by atoms with Crippen LogP contribution < -0.4 is 5.32 Å². The molecule has 1 unspecified atom stereocenters. The van der Waals surface area contributed by atoms with Crippen molar-refractivity contribution in [1.82, 2.24) is 4.98 Å². The summed E-state index contributed by atoms with van der Waals surface area (Å²) in [5.74, 6) is -0.962. The highest BCUT2D eigenvalue weighted by Gasteiger charge is 2.21. The van der Waals surface area contributed by atoms with Gasteiger partial charge in [-0.15, -0.1) is 11.8 Å². The number of nitrogens with one attached hydrogen (secondary N) is 1. The van der Waals surface area contributed by atoms with E-state index >= 15 is 0 Å². The molecule has 1 atom stereocenters. The van der Waals surface area contributed by atoms with Gasteiger partial charge in [-0.25, -0.2) is 9.78 Å². The lowest BCUT2D eigenvalue weighted by molar-refractivity contribution is -0.123. The molecule has 2 rings (SSSR count). The maximum Gasteiger partial charge on any atom is 0.341 e. The highest BCUT2D eigenvalue weighted by atomic mass is 79.9. The number of hydrogen-bond acceptors (Lipinski definition) is 5. The number of carbonyl (C=O) groups is 2. The first-order valence-electron chi connectivity index (χ1n) is 6.77. The molecule has 0 spiro atoms. The molecule has 0 radical (unpaired) electrons. The first kappa shape index (κ1) is 17.5. The van der Waals surface area contributed by atoms with Gasteiger partial charge < -0.3 is 10.1 Å². The molecule has 1 aromatic carbocycles. The van der Waals surface area contributed by atoms with E-state index in [1.165, 1.54) is 18.7 Å².